The molecule has 3 aromatic carbocycles. The van der Waals surface area contributed by atoms with E-state index in [-0.39, 0.29) is 48.5 Å². The zero-order chi connectivity index (χ0) is 29.5. The number of carbonyl (C=O) groups is 2. The number of nitro benzene ring substituents is 1. The molecule has 4 rings (SSSR count). The maximum Gasteiger partial charge on any atom is 0.273 e. The van der Waals surface area contributed by atoms with Gasteiger partial charge in [-0.15, -0.1) is 0 Å². The Bertz CT molecular complexity index is 1640. The first-order valence-corrected chi connectivity index (χ1v) is 12.7. The normalized spacial score (nSPS) is 10.9. The molecule has 0 aliphatic carbocycles. The van der Waals surface area contributed by atoms with Gasteiger partial charge in [-0.25, -0.2) is 4.39 Å². The van der Waals surface area contributed by atoms with Crippen LogP contribution in [0.15, 0.2) is 82.2 Å². The Hall–Kier alpha value is -4.90. The van der Waals surface area contributed by atoms with Crippen molar-refractivity contribution in [1.82, 2.24) is 9.80 Å². The second-order valence-corrected chi connectivity index (χ2v) is 9.44. The second kappa shape index (κ2) is 13.0. The van der Waals surface area contributed by atoms with E-state index in [1.807, 2.05) is 0 Å². The van der Waals surface area contributed by atoms with Gasteiger partial charge in [-0.3, -0.25) is 24.5 Å². The number of ether oxygens (including phenoxy) is 1. The van der Waals surface area contributed by atoms with Gasteiger partial charge in [-0.2, -0.15) is 0 Å². The summed E-state index contributed by atoms with van der Waals surface area (Å²) in [6.07, 6.45) is 1.30. The molecule has 0 aliphatic heterocycles. The van der Waals surface area contributed by atoms with E-state index >= 15 is 0 Å². The average Bonchev–Trinajstić information content (AvgIpc) is 2.97. The molecule has 41 heavy (non-hydrogen) atoms. The van der Waals surface area contributed by atoms with Crippen molar-refractivity contribution in [3.05, 3.63) is 121 Å². The van der Waals surface area contributed by atoms with Crippen LogP contribution in [0, 0.1) is 22.9 Å². The number of fused-ring (bicyclic) bond motifs is 1. The SMILES string of the molecule is COCCN(CC(=O)N(Cc1ccc(F)cc1)Cc1coc2ccccc2c1=O)C(=O)c1ccc(C)c([N+](=O)[O-])c1. The number of aryl methyl sites for hydroxylation is 1. The lowest BCUT2D eigenvalue weighted by Gasteiger charge is -2.28. The van der Waals surface area contributed by atoms with Crippen LogP contribution < -0.4 is 5.43 Å². The molecule has 1 aromatic heterocycles. The van der Waals surface area contributed by atoms with Gasteiger partial charge < -0.3 is 19.0 Å². The lowest BCUT2D eigenvalue weighted by atomic mass is 10.1. The van der Waals surface area contributed by atoms with Gasteiger partial charge in [0.2, 0.25) is 5.91 Å². The van der Waals surface area contributed by atoms with E-state index in [0.29, 0.717) is 22.1 Å². The van der Waals surface area contributed by atoms with Crippen LogP contribution in [0.25, 0.3) is 11.0 Å². The predicted molar refractivity (Wildman–Crippen MR) is 149 cm³/mol. The van der Waals surface area contributed by atoms with Gasteiger partial charge in [0.15, 0.2) is 5.43 Å². The Labute approximate surface area is 234 Å². The summed E-state index contributed by atoms with van der Waals surface area (Å²) < 4.78 is 24.3. The van der Waals surface area contributed by atoms with Gasteiger partial charge in [0.1, 0.15) is 17.9 Å². The Balaban J connectivity index is 1.65. The molecule has 0 N–H and O–H groups in total. The lowest BCUT2D eigenvalue weighted by Crippen LogP contribution is -2.44. The molecule has 0 aliphatic rings. The third-order valence-electron chi connectivity index (χ3n) is 6.58. The van der Waals surface area contributed by atoms with Crippen LogP contribution in [0.4, 0.5) is 10.1 Å². The molecular weight excluding hydrogens is 533 g/mol. The molecule has 0 saturated carbocycles. The van der Waals surface area contributed by atoms with Gasteiger partial charge >= 0.3 is 0 Å². The second-order valence-electron chi connectivity index (χ2n) is 9.44. The smallest absolute Gasteiger partial charge is 0.273 e. The third kappa shape index (κ3) is 7.00. The molecule has 11 heteroatoms. The molecule has 4 aromatic rings. The number of hydrogen-bond acceptors (Lipinski definition) is 7. The minimum Gasteiger partial charge on any atom is -0.464 e. The molecule has 0 saturated heterocycles. The molecule has 2 amide bonds. The molecule has 0 fully saturated rings. The number of nitrogens with zero attached hydrogens (tertiary/aromatic N) is 3. The van der Waals surface area contributed by atoms with Crippen molar-refractivity contribution in [3.8, 4) is 0 Å². The zero-order valence-electron chi connectivity index (χ0n) is 22.5. The Morgan fingerprint density at radius 1 is 1.02 bits per heavy atom. The Morgan fingerprint density at radius 3 is 2.46 bits per heavy atom. The van der Waals surface area contributed by atoms with Crippen molar-refractivity contribution < 1.29 is 28.1 Å². The summed E-state index contributed by atoms with van der Waals surface area (Å²) >= 11 is 0. The van der Waals surface area contributed by atoms with Gasteiger partial charge in [0, 0.05) is 37.4 Å². The molecular formula is C30H28FN3O7. The Morgan fingerprint density at radius 2 is 1.76 bits per heavy atom. The van der Waals surface area contributed by atoms with Crippen LogP contribution in [0.5, 0.6) is 0 Å². The number of rotatable bonds is 11. The number of para-hydroxylation sites is 1. The van der Waals surface area contributed by atoms with Crippen LogP contribution in [-0.2, 0) is 22.6 Å². The van der Waals surface area contributed by atoms with Crippen LogP contribution in [0.2, 0.25) is 0 Å². The van der Waals surface area contributed by atoms with E-state index in [2.05, 4.69) is 0 Å². The molecule has 1 heterocycles. The first kappa shape index (κ1) is 29.1. The molecule has 0 spiro atoms. The maximum absolute atomic E-state index is 13.7. The first-order chi connectivity index (χ1) is 19.7. The van der Waals surface area contributed by atoms with E-state index < -0.39 is 29.1 Å². The summed E-state index contributed by atoms with van der Waals surface area (Å²) in [4.78, 5) is 53.8. The highest BCUT2D eigenvalue weighted by atomic mass is 19.1. The number of methoxy groups -OCH3 is 1. The summed E-state index contributed by atoms with van der Waals surface area (Å²) in [5.41, 5.74) is 1.16. The number of hydrogen-bond donors (Lipinski definition) is 0. The highest BCUT2D eigenvalue weighted by molar-refractivity contribution is 5.97. The van der Waals surface area contributed by atoms with Crippen molar-refractivity contribution in [3.63, 3.8) is 0 Å². The minimum absolute atomic E-state index is 0.0215. The van der Waals surface area contributed by atoms with Crippen molar-refractivity contribution in [2.45, 2.75) is 20.0 Å². The van der Waals surface area contributed by atoms with Crippen molar-refractivity contribution in [2.24, 2.45) is 0 Å². The maximum atomic E-state index is 13.7. The number of halogens is 1. The highest BCUT2D eigenvalue weighted by Crippen LogP contribution is 2.21. The number of amides is 2. The topological polar surface area (TPSA) is 123 Å². The fourth-order valence-corrected chi connectivity index (χ4v) is 4.31. The first-order valence-electron chi connectivity index (χ1n) is 12.7. The minimum atomic E-state index is -0.592. The van der Waals surface area contributed by atoms with E-state index in [4.69, 9.17) is 9.15 Å². The third-order valence-corrected chi connectivity index (χ3v) is 6.58. The predicted octanol–water partition coefficient (Wildman–Crippen LogP) is 4.47. The van der Waals surface area contributed by atoms with Crippen molar-refractivity contribution in [1.29, 1.82) is 0 Å². The van der Waals surface area contributed by atoms with E-state index in [1.54, 1.807) is 31.2 Å². The quantitative estimate of drug-likeness (QED) is 0.196. The fourth-order valence-electron chi connectivity index (χ4n) is 4.31. The Kier molecular flexibility index (Phi) is 9.20. The van der Waals surface area contributed by atoms with Gasteiger partial charge in [-0.1, -0.05) is 30.3 Å². The highest BCUT2D eigenvalue weighted by Gasteiger charge is 2.25. The molecule has 0 unspecified atom stereocenters. The lowest BCUT2D eigenvalue weighted by molar-refractivity contribution is -0.385. The largest absolute Gasteiger partial charge is 0.464 e. The van der Waals surface area contributed by atoms with Gasteiger partial charge in [-0.05, 0) is 42.8 Å². The standard InChI is InChI=1S/C30H28FN3O7/c1-20-7-10-22(15-26(20)34(38)39)30(37)32(13-14-40-2)18-28(35)33(16-21-8-11-24(31)12-9-21)17-23-19-41-27-6-4-3-5-25(27)29(23)36/h3-12,15,19H,13-14,16-18H2,1-2H3. The number of nitro groups is 1. The van der Waals surface area contributed by atoms with E-state index in [0.717, 1.165) is 0 Å². The van der Waals surface area contributed by atoms with Gasteiger partial charge in [0.25, 0.3) is 11.6 Å². The van der Waals surface area contributed by atoms with E-state index in [1.165, 1.54) is 65.6 Å². The van der Waals surface area contributed by atoms with Crippen LogP contribution in [-0.4, -0.2) is 53.3 Å². The summed E-state index contributed by atoms with van der Waals surface area (Å²) in [5, 5.41) is 11.8. The average molecular weight is 562 g/mol. The molecule has 10 nitrogen and oxygen atoms in total. The fraction of sp³-hybridized carbons (Fsp3) is 0.233. The summed E-state index contributed by atoms with van der Waals surface area (Å²) in [7, 11) is 1.45. The van der Waals surface area contributed by atoms with Gasteiger partial charge in [0.05, 0.1) is 35.3 Å². The van der Waals surface area contributed by atoms with Crippen molar-refractivity contribution >= 4 is 28.5 Å². The van der Waals surface area contributed by atoms with Crippen molar-refractivity contribution in [2.75, 3.05) is 26.8 Å². The zero-order valence-corrected chi connectivity index (χ0v) is 22.5. The molecule has 0 radical (unpaired) electrons. The van der Waals surface area contributed by atoms with Crippen LogP contribution in [0.1, 0.15) is 27.0 Å². The van der Waals surface area contributed by atoms with Crippen LogP contribution >= 0.6 is 0 Å². The molecule has 0 atom stereocenters. The monoisotopic (exact) mass is 561 g/mol. The molecule has 212 valence electrons. The summed E-state index contributed by atoms with van der Waals surface area (Å²) in [5.74, 6) is -1.54. The number of carbonyl (C=O) groups excluding carboxylic acids is 2. The molecule has 0 bridgehead atoms. The van der Waals surface area contributed by atoms with E-state index in [9.17, 15) is 28.9 Å². The summed E-state index contributed by atoms with van der Waals surface area (Å²) in [6, 6.07) is 16.4. The number of benzene rings is 3. The van der Waals surface area contributed by atoms with Crippen LogP contribution in [0.3, 0.4) is 0 Å². The summed E-state index contributed by atoms with van der Waals surface area (Å²) in [6.45, 7) is 1.20.